The van der Waals surface area contributed by atoms with Gasteiger partial charge in [-0.15, -0.1) is 0 Å². The molecule has 3 aromatic rings. The molecule has 224 valence electrons. The summed E-state index contributed by atoms with van der Waals surface area (Å²) in [6.45, 7) is -0.383. The SMILES string of the molecule is CS(=O)(=O)c1ccc2c(c1)CN(C(=O)OCc1ccccc1)C2C(=O)Nc1ccc(C(O)(C(F)(F)F)C(F)(F)F)cc1. The molecule has 1 atom stereocenters. The van der Waals surface area contributed by atoms with Crippen molar-refractivity contribution in [1.82, 2.24) is 4.90 Å². The first kappa shape index (κ1) is 30.8. The molecule has 1 aliphatic heterocycles. The van der Waals surface area contributed by atoms with Crippen molar-refractivity contribution >= 4 is 27.5 Å². The lowest BCUT2D eigenvalue weighted by atomic mass is 9.92. The smallest absolute Gasteiger partial charge is 0.430 e. The van der Waals surface area contributed by atoms with Crippen LogP contribution in [0.15, 0.2) is 77.7 Å². The largest absolute Gasteiger partial charge is 0.445 e. The predicted octanol–water partition coefficient (Wildman–Crippen LogP) is 5.23. The number of fused-ring (bicyclic) bond motifs is 1. The average Bonchev–Trinajstić information content (AvgIpc) is 3.30. The minimum absolute atomic E-state index is 0.0719. The van der Waals surface area contributed by atoms with Crippen molar-refractivity contribution < 1.29 is 54.2 Å². The topological polar surface area (TPSA) is 113 Å². The minimum atomic E-state index is -6.09. The molecule has 1 unspecified atom stereocenters. The Bertz CT molecular complexity index is 1580. The van der Waals surface area contributed by atoms with Gasteiger partial charge in [-0.3, -0.25) is 9.69 Å². The predicted molar refractivity (Wildman–Crippen MR) is 136 cm³/mol. The zero-order valence-corrected chi connectivity index (χ0v) is 22.3. The van der Waals surface area contributed by atoms with Crippen LogP contribution < -0.4 is 5.32 Å². The molecule has 15 heteroatoms. The van der Waals surface area contributed by atoms with Gasteiger partial charge in [0.1, 0.15) is 12.6 Å². The molecule has 1 heterocycles. The number of hydrogen-bond donors (Lipinski definition) is 2. The summed E-state index contributed by atoms with van der Waals surface area (Å²) in [5.41, 5.74) is -5.73. The number of nitrogens with zero attached hydrogens (tertiary/aromatic N) is 1. The lowest BCUT2D eigenvalue weighted by Crippen LogP contribution is -2.53. The van der Waals surface area contributed by atoms with Crippen molar-refractivity contribution in [1.29, 1.82) is 0 Å². The molecule has 0 bridgehead atoms. The molecule has 1 aliphatic rings. The number of anilines is 1. The fourth-order valence-electron chi connectivity index (χ4n) is 4.41. The highest BCUT2D eigenvalue weighted by atomic mass is 32.2. The van der Waals surface area contributed by atoms with Gasteiger partial charge < -0.3 is 15.2 Å². The van der Waals surface area contributed by atoms with E-state index >= 15 is 0 Å². The Morgan fingerprint density at radius 2 is 1.55 bits per heavy atom. The number of hydrogen-bond acceptors (Lipinski definition) is 6. The van der Waals surface area contributed by atoms with E-state index in [2.05, 4.69) is 5.32 Å². The van der Waals surface area contributed by atoms with Crippen molar-refractivity contribution in [3.63, 3.8) is 0 Å². The van der Waals surface area contributed by atoms with Crippen molar-refractivity contribution in [3.05, 3.63) is 95.1 Å². The zero-order chi connectivity index (χ0) is 31.1. The number of rotatable bonds is 6. The van der Waals surface area contributed by atoms with Crippen LogP contribution in [-0.4, -0.2) is 49.0 Å². The minimum Gasteiger partial charge on any atom is -0.445 e. The molecule has 8 nitrogen and oxygen atoms in total. The average molecular weight is 617 g/mol. The maximum atomic E-state index is 13.4. The number of nitrogens with one attached hydrogen (secondary N) is 1. The molecule has 0 aliphatic carbocycles. The third-order valence-corrected chi connectivity index (χ3v) is 7.68. The Kier molecular flexibility index (Phi) is 8.04. The van der Waals surface area contributed by atoms with Gasteiger partial charge in [-0.25, -0.2) is 13.2 Å². The molecular weight excluding hydrogens is 594 g/mol. The Morgan fingerprint density at radius 3 is 2.10 bits per heavy atom. The summed E-state index contributed by atoms with van der Waals surface area (Å²) >= 11 is 0. The van der Waals surface area contributed by atoms with E-state index in [0.717, 1.165) is 23.3 Å². The van der Waals surface area contributed by atoms with E-state index in [0.29, 0.717) is 23.3 Å². The second kappa shape index (κ2) is 10.9. The van der Waals surface area contributed by atoms with Gasteiger partial charge in [-0.1, -0.05) is 48.5 Å². The number of ether oxygens (including phenoxy) is 1. The molecule has 0 aromatic heterocycles. The first-order chi connectivity index (χ1) is 19.4. The van der Waals surface area contributed by atoms with E-state index in [4.69, 9.17) is 4.74 Å². The van der Waals surface area contributed by atoms with E-state index < -0.39 is 51.4 Å². The number of alkyl halides is 6. The first-order valence-electron chi connectivity index (χ1n) is 12.0. The van der Waals surface area contributed by atoms with Crippen LogP contribution in [0.5, 0.6) is 0 Å². The van der Waals surface area contributed by atoms with Crippen molar-refractivity contribution in [2.75, 3.05) is 11.6 Å². The van der Waals surface area contributed by atoms with Crippen LogP contribution in [0.4, 0.5) is 36.8 Å². The van der Waals surface area contributed by atoms with Gasteiger partial charge in [0.15, 0.2) is 9.84 Å². The zero-order valence-electron chi connectivity index (χ0n) is 21.5. The van der Waals surface area contributed by atoms with E-state index in [1.807, 2.05) is 0 Å². The molecule has 42 heavy (non-hydrogen) atoms. The Balaban J connectivity index is 1.62. The number of benzene rings is 3. The van der Waals surface area contributed by atoms with Crippen LogP contribution in [0.3, 0.4) is 0 Å². The van der Waals surface area contributed by atoms with E-state index in [1.54, 1.807) is 30.3 Å². The van der Waals surface area contributed by atoms with Crippen LogP contribution in [0.1, 0.15) is 28.3 Å². The molecule has 0 saturated heterocycles. The maximum Gasteiger partial charge on any atom is 0.430 e. The normalized spacial score (nSPS) is 15.7. The van der Waals surface area contributed by atoms with Crippen molar-refractivity contribution in [2.45, 2.75) is 42.0 Å². The monoisotopic (exact) mass is 616 g/mol. The standard InChI is InChI=1S/C27H22F6N2O6S/c1-42(39,40)20-11-12-21-17(13-20)14-35(24(37)41-15-16-5-3-2-4-6-16)22(21)23(36)34-19-9-7-18(8-10-19)25(38,26(28,29)30)27(31,32)33/h2-13,22,38H,14-15H2,1H3,(H,34,36). The Labute approximate surface area is 235 Å². The fraction of sp³-hybridized carbons (Fsp3) is 0.259. The molecule has 3 aromatic carbocycles. The van der Waals surface area contributed by atoms with Gasteiger partial charge in [0.25, 0.3) is 11.5 Å². The summed E-state index contributed by atoms with van der Waals surface area (Å²) in [4.78, 5) is 27.3. The lowest BCUT2D eigenvalue weighted by molar-refractivity contribution is -0.376. The quantitative estimate of drug-likeness (QED) is 0.367. The number of carbonyl (C=O) groups is 2. The highest BCUT2D eigenvalue weighted by Gasteiger charge is 2.71. The second-order valence-corrected chi connectivity index (χ2v) is 11.5. The summed E-state index contributed by atoms with van der Waals surface area (Å²) < 4.78 is 109. The molecule has 0 radical (unpaired) electrons. The van der Waals surface area contributed by atoms with Gasteiger partial charge >= 0.3 is 18.4 Å². The first-order valence-corrected chi connectivity index (χ1v) is 13.9. The van der Waals surface area contributed by atoms with E-state index in [1.165, 1.54) is 18.2 Å². The third kappa shape index (κ3) is 5.92. The van der Waals surface area contributed by atoms with Crippen molar-refractivity contribution in [3.8, 4) is 0 Å². The molecule has 0 spiro atoms. The van der Waals surface area contributed by atoms with Crippen LogP contribution >= 0.6 is 0 Å². The number of halogens is 6. The number of carbonyl (C=O) groups excluding carboxylic acids is 2. The summed E-state index contributed by atoms with van der Waals surface area (Å²) in [6.07, 6.45) is -12.1. The Morgan fingerprint density at radius 1 is 0.952 bits per heavy atom. The number of aliphatic hydroxyl groups is 1. The third-order valence-electron chi connectivity index (χ3n) is 6.57. The molecule has 0 fully saturated rings. The van der Waals surface area contributed by atoms with Gasteiger partial charge in [0.05, 0.1) is 11.4 Å². The maximum absolute atomic E-state index is 13.4. The molecule has 0 saturated carbocycles. The number of amides is 2. The summed E-state index contributed by atoms with van der Waals surface area (Å²) in [5, 5.41) is 11.9. The summed E-state index contributed by atoms with van der Waals surface area (Å²) in [6, 6.07) is 13.2. The highest BCUT2D eigenvalue weighted by Crippen LogP contribution is 2.50. The van der Waals surface area contributed by atoms with Gasteiger partial charge in [-0.2, -0.15) is 26.3 Å². The van der Waals surface area contributed by atoms with E-state index in [9.17, 15) is 49.5 Å². The van der Waals surface area contributed by atoms with Gasteiger partial charge in [0, 0.05) is 17.5 Å². The fourth-order valence-corrected chi connectivity index (χ4v) is 5.08. The molecule has 4 rings (SSSR count). The van der Waals surface area contributed by atoms with Gasteiger partial charge in [0.2, 0.25) is 0 Å². The van der Waals surface area contributed by atoms with Crippen molar-refractivity contribution in [2.24, 2.45) is 0 Å². The lowest BCUT2D eigenvalue weighted by Gasteiger charge is -2.32. The molecular formula is C27H22F6N2O6S. The molecule has 2 N–H and O–H groups in total. The van der Waals surface area contributed by atoms with Crippen LogP contribution in [-0.2, 0) is 38.1 Å². The second-order valence-electron chi connectivity index (χ2n) is 9.48. The van der Waals surface area contributed by atoms with Crippen LogP contribution in [0, 0.1) is 0 Å². The molecule has 2 amide bonds. The Hall–Kier alpha value is -4.11. The van der Waals surface area contributed by atoms with E-state index in [-0.39, 0.29) is 29.3 Å². The summed E-state index contributed by atoms with van der Waals surface area (Å²) in [7, 11) is -3.65. The summed E-state index contributed by atoms with van der Waals surface area (Å²) in [5.74, 6) is -0.910. The van der Waals surface area contributed by atoms with Crippen LogP contribution in [0.2, 0.25) is 0 Å². The van der Waals surface area contributed by atoms with Gasteiger partial charge in [-0.05, 0) is 41.0 Å². The number of sulfone groups is 1. The highest BCUT2D eigenvalue weighted by molar-refractivity contribution is 7.90. The van der Waals surface area contributed by atoms with Crippen LogP contribution in [0.25, 0.3) is 0 Å².